The maximum absolute atomic E-state index is 13.6. The molecule has 0 radical (unpaired) electrons. The van der Waals surface area contributed by atoms with Crippen LogP contribution in [0.15, 0.2) is 42.5 Å². The minimum atomic E-state index is -4.78. The first-order valence-electron chi connectivity index (χ1n) is 12.4. The summed E-state index contributed by atoms with van der Waals surface area (Å²) < 4.78 is 54.0. The minimum absolute atomic E-state index is 0.0800. The van der Waals surface area contributed by atoms with Crippen molar-refractivity contribution in [3.8, 4) is 0 Å². The lowest BCUT2D eigenvalue weighted by atomic mass is 10.1. The molecule has 4 amide bonds. The van der Waals surface area contributed by atoms with Gasteiger partial charge >= 0.3 is 12.2 Å². The number of nitrogens with one attached hydrogen (secondary N) is 1. The Morgan fingerprint density at radius 3 is 2.31 bits per heavy atom. The van der Waals surface area contributed by atoms with Crippen LogP contribution in [0.2, 0.25) is 5.02 Å². The Morgan fingerprint density at radius 2 is 1.74 bits per heavy atom. The average Bonchev–Trinajstić information content (AvgIpc) is 3.28. The van der Waals surface area contributed by atoms with Gasteiger partial charge in [-0.15, -0.1) is 0 Å². The number of piperazine rings is 1. The molecule has 3 atom stereocenters. The van der Waals surface area contributed by atoms with Gasteiger partial charge in [0.25, 0.3) is 5.91 Å². The van der Waals surface area contributed by atoms with Gasteiger partial charge < -0.3 is 10.2 Å². The zero-order valence-electron chi connectivity index (χ0n) is 20.8. The lowest BCUT2D eigenvalue weighted by Gasteiger charge is -2.40. The number of urea groups is 1. The number of carbonyl (C=O) groups is 3. The van der Waals surface area contributed by atoms with Crippen LogP contribution in [0.25, 0.3) is 6.08 Å². The topological polar surface area (TPSA) is 73.0 Å². The number of hydrogen-bond acceptors (Lipinski definition) is 4. The van der Waals surface area contributed by atoms with Crippen molar-refractivity contribution in [2.75, 3.05) is 18.0 Å². The molecule has 5 rings (SSSR count). The number of likely N-dealkylation sites (tertiary alicyclic amines) is 1. The lowest BCUT2D eigenvalue weighted by molar-refractivity contribution is -0.137. The minimum Gasteiger partial charge on any atom is -0.331 e. The van der Waals surface area contributed by atoms with E-state index in [-0.39, 0.29) is 35.1 Å². The van der Waals surface area contributed by atoms with E-state index in [1.54, 1.807) is 17.0 Å². The summed E-state index contributed by atoms with van der Waals surface area (Å²) >= 11 is 5.89. The summed E-state index contributed by atoms with van der Waals surface area (Å²) in [6.07, 6.45) is -0.844. The highest BCUT2D eigenvalue weighted by Crippen LogP contribution is 2.40. The molecule has 206 valence electrons. The summed E-state index contributed by atoms with van der Waals surface area (Å²) in [5, 5.41) is 1.75. The second-order valence-corrected chi connectivity index (χ2v) is 10.4. The number of hydrogen-bond donors (Lipinski definition) is 1. The van der Waals surface area contributed by atoms with Gasteiger partial charge in [0.05, 0.1) is 16.3 Å². The monoisotopic (exact) mass is 564 g/mol. The lowest BCUT2D eigenvalue weighted by Crippen LogP contribution is -2.55. The third kappa shape index (κ3) is 5.38. The summed E-state index contributed by atoms with van der Waals surface area (Å²) in [6.45, 7) is 3.29. The number of fused-ring (bicyclic) bond motifs is 2. The summed E-state index contributed by atoms with van der Waals surface area (Å²) in [5.74, 6) is -1.33. The molecule has 3 fully saturated rings. The Bertz CT molecular complexity index is 1330. The van der Waals surface area contributed by atoms with Crippen LogP contribution in [-0.4, -0.2) is 58.9 Å². The average molecular weight is 565 g/mol. The van der Waals surface area contributed by atoms with Crippen LogP contribution < -0.4 is 10.2 Å². The van der Waals surface area contributed by atoms with Crippen molar-refractivity contribution in [2.24, 2.45) is 0 Å². The molecule has 2 aromatic rings. The highest BCUT2D eigenvalue weighted by Gasteiger charge is 2.42. The predicted molar refractivity (Wildman–Crippen MR) is 136 cm³/mol. The van der Waals surface area contributed by atoms with Crippen LogP contribution in [0.5, 0.6) is 0 Å². The van der Waals surface area contributed by atoms with Crippen molar-refractivity contribution in [3.63, 3.8) is 0 Å². The molecule has 3 unspecified atom stereocenters. The Morgan fingerprint density at radius 1 is 1.10 bits per heavy atom. The number of halogens is 5. The number of imide groups is 1. The molecule has 0 aliphatic carbocycles. The fourth-order valence-corrected chi connectivity index (χ4v) is 5.80. The van der Waals surface area contributed by atoms with E-state index in [4.69, 9.17) is 11.6 Å². The van der Waals surface area contributed by atoms with E-state index in [0.717, 1.165) is 35.4 Å². The van der Waals surface area contributed by atoms with E-state index in [0.29, 0.717) is 19.6 Å². The van der Waals surface area contributed by atoms with Gasteiger partial charge in [0.2, 0.25) is 5.91 Å². The summed E-state index contributed by atoms with van der Waals surface area (Å²) in [5.41, 5.74) is -0.466. The van der Waals surface area contributed by atoms with Crippen LogP contribution >= 0.6 is 11.6 Å². The van der Waals surface area contributed by atoms with E-state index >= 15 is 0 Å². The van der Waals surface area contributed by atoms with Gasteiger partial charge in [0.1, 0.15) is 11.9 Å². The number of benzene rings is 2. The van der Waals surface area contributed by atoms with Crippen LogP contribution in [0, 0.1) is 5.82 Å². The van der Waals surface area contributed by atoms with Crippen molar-refractivity contribution in [2.45, 2.75) is 50.6 Å². The summed E-state index contributed by atoms with van der Waals surface area (Å²) in [6, 6.07) is 6.10. The second-order valence-electron chi connectivity index (χ2n) is 10.0. The number of amides is 4. The highest BCUT2D eigenvalue weighted by molar-refractivity contribution is 6.32. The number of nitrogens with zero attached hydrogens (tertiary/aromatic N) is 3. The van der Waals surface area contributed by atoms with Gasteiger partial charge in [-0.1, -0.05) is 23.7 Å². The van der Waals surface area contributed by atoms with Crippen molar-refractivity contribution < 1.29 is 31.9 Å². The SMILES string of the molecule is CC1NC(=O)N(c2cc(Cl)c(C(F)(F)F)cc2/C=C/C(=O)N2C3CCC2CN(Cc2ccc(F)cc2)C3)C1=O. The molecular weight excluding hydrogens is 540 g/mol. The van der Waals surface area contributed by atoms with Gasteiger partial charge in [-0.25, -0.2) is 14.1 Å². The van der Waals surface area contributed by atoms with Crippen LogP contribution in [0.3, 0.4) is 0 Å². The summed E-state index contributed by atoms with van der Waals surface area (Å²) in [7, 11) is 0. The predicted octanol–water partition coefficient (Wildman–Crippen LogP) is 4.83. The number of rotatable bonds is 5. The Labute approximate surface area is 227 Å². The quantitative estimate of drug-likeness (QED) is 0.321. The molecule has 3 aliphatic heterocycles. The normalized spacial score (nSPS) is 23.7. The zero-order valence-corrected chi connectivity index (χ0v) is 21.6. The fraction of sp³-hybridized carbons (Fsp3) is 0.370. The van der Waals surface area contributed by atoms with Crippen LogP contribution in [-0.2, 0) is 22.3 Å². The van der Waals surface area contributed by atoms with Gasteiger partial charge in [0.15, 0.2) is 0 Å². The molecule has 2 bridgehead atoms. The molecule has 3 aliphatic rings. The van der Waals surface area contributed by atoms with Crippen molar-refractivity contribution >= 4 is 41.2 Å². The molecule has 3 saturated heterocycles. The number of carbonyl (C=O) groups excluding carboxylic acids is 3. The van der Waals surface area contributed by atoms with Gasteiger partial charge in [-0.05, 0) is 61.2 Å². The fourth-order valence-electron chi connectivity index (χ4n) is 5.53. The molecule has 0 spiro atoms. The largest absolute Gasteiger partial charge is 0.417 e. The molecule has 1 N–H and O–H groups in total. The van der Waals surface area contributed by atoms with Crippen LogP contribution in [0.4, 0.5) is 28.0 Å². The number of alkyl halides is 3. The Hall–Kier alpha value is -3.44. The maximum Gasteiger partial charge on any atom is 0.417 e. The Kier molecular flexibility index (Phi) is 7.15. The first kappa shape index (κ1) is 27.1. The molecule has 3 heterocycles. The van der Waals surface area contributed by atoms with Crippen molar-refractivity contribution in [1.82, 2.24) is 15.1 Å². The second kappa shape index (κ2) is 10.3. The smallest absolute Gasteiger partial charge is 0.331 e. The van der Waals surface area contributed by atoms with Gasteiger partial charge in [-0.3, -0.25) is 14.5 Å². The molecule has 7 nitrogen and oxygen atoms in total. The molecule has 12 heteroatoms. The molecule has 2 aromatic carbocycles. The third-order valence-electron chi connectivity index (χ3n) is 7.33. The molecular formula is C27H25ClF4N4O3. The van der Waals surface area contributed by atoms with E-state index in [1.165, 1.54) is 31.2 Å². The van der Waals surface area contributed by atoms with Crippen molar-refractivity contribution in [3.05, 3.63) is 70.0 Å². The third-order valence-corrected chi connectivity index (χ3v) is 7.65. The summed E-state index contributed by atoms with van der Waals surface area (Å²) in [4.78, 5) is 42.9. The molecule has 0 aromatic heterocycles. The Balaban J connectivity index is 1.38. The van der Waals surface area contributed by atoms with E-state index in [2.05, 4.69) is 10.2 Å². The molecule has 39 heavy (non-hydrogen) atoms. The van der Waals surface area contributed by atoms with Gasteiger partial charge in [0, 0.05) is 37.8 Å². The first-order valence-corrected chi connectivity index (χ1v) is 12.8. The van der Waals surface area contributed by atoms with Crippen molar-refractivity contribution in [1.29, 1.82) is 0 Å². The zero-order chi connectivity index (χ0) is 28.1. The van der Waals surface area contributed by atoms with E-state index in [9.17, 15) is 31.9 Å². The molecule has 0 saturated carbocycles. The van der Waals surface area contributed by atoms with E-state index in [1.807, 2.05) is 0 Å². The van der Waals surface area contributed by atoms with Crippen LogP contribution in [0.1, 0.15) is 36.5 Å². The standard InChI is InChI=1S/C27H25ClF4N4O3/c1-15-25(38)36(26(39)33-15)23-11-22(28)21(27(30,31)32)10-17(23)4-9-24(37)35-19-7-8-20(35)14-34(13-19)12-16-2-5-18(29)6-3-16/h2-6,9-11,15,19-20H,7-8,12-14H2,1H3,(H,33,39)/b9-4+. The first-order chi connectivity index (χ1) is 18.4. The van der Waals surface area contributed by atoms with Gasteiger partial charge in [-0.2, -0.15) is 13.2 Å². The maximum atomic E-state index is 13.6. The number of anilines is 1. The highest BCUT2D eigenvalue weighted by atomic mass is 35.5. The van der Waals surface area contributed by atoms with E-state index < -0.39 is 34.7 Å².